The Morgan fingerprint density at radius 3 is 2.47 bits per heavy atom. The molecule has 0 spiro atoms. The summed E-state index contributed by atoms with van der Waals surface area (Å²) in [4.78, 5) is 47.6. The maximum Gasteiger partial charge on any atom is 0.338 e. The second-order valence-corrected chi connectivity index (χ2v) is 7.35. The Kier molecular flexibility index (Phi) is 7.69. The maximum absolute atomic E-state index is 12.8. The van der Waals surface area contributed by atoms with Crippen LogP contribution in [0.2, 0.25) is 5.02 Å². The smallest absolute Gasteiger partial charge is 0.338 e. The monoisotopic (exact) mass is 489 g/mol. The molecule has 0 bridgehead atoms. The first-order valence-corrected chi connectivity index (χ1v) is 10.4. The van der Waals surface area contributed by atoms with Crippen molar-refractivity contribution in [2.45, 2.75) is 13.0 Å². The predicted molar refractivity (Wildman–Crippen MR) is 119 cm³/mol. The molecule has 0 radical (unpaired) electrons. The van der Waals surface area contributed by atoms with Crippen LogP contribution in [0.1, 0.15) is 28.9 Å². The summed E-state index contributed by atoms with van der Waals surface area (Å²) in [5.74, 6) is -1.63. The molecule has 2 N–H and O–H groups in total. The van der Waals surface area contributed by atoms with E-state index in [1.54, 1.807) is 31.2 Å². The molecule has 0 fully saturated rings. The SMILES string of the molecule is CCOC(=O)C1=C(COc2ccc(C(=O)OC)cc2[N+](=O)[O-])NC(=O)NC1c1ccc(Cl)cc1. The fourth-order valence-corrected chi connectivity index (χ4v) is 3.39. The number of halogens is 1. The Morgan fingerprint density at radius 2 is 1.85 bits per heavy atom. The van der Waals surface area contributed by atoms with Crippen LogP contribution in [0.3, 0.4) is 0 Å². The molecule has 2 amide bonds. The number of nitro benzene ring substituents is 1. The molecule has 2 aromatic carbocycles. The van der Waals surface area contributed by atoms with Gasteiger partial charge in [-0.1, -0.05) is 23.7 Å². The summed E-state index contributed by atoms with van der Waals surface area (Å²) in [5.41, 5.74) is 0.168. The average Bonchev–Trinajstić information content (AvgIpc) is 2.82. The van der Waals surface area contributed by atoms with Crippen molar-refractivity contribution in [2.24, 2.45) is 0 Å². The van der Waals surface area contributed by atoms with Crippen LogP contribution in [0.15, 0.2) is 53.7 Å². The molecule has 1 aliphatic rings. The zero-order valence-electron chi connectivity index (χ0n) is 18.1. The first-order valence-electron chi connectivity index (χ1n) is 9.97. The molecule has 3 rings (SSSR count). The highest BCUT2D eigenvalue weighted by molar-refractivity contribution is 6.30. The molecule has 1 heterocycles. The standard InChI is InChI=1S/C22H20ClN3O8/c1-3-33-21(28)18-15(24-22(29)25-19(18)12-4-7-14(23)8-5-12)11-34-17-9-6-13(20(27)32-2)10-16(17)26(30)31/h4-10,19H,3,11H2,1-2H3,(H2,24,25,29). The summed E-state index contributed by atoms with van der Waals surface area (Å²) in [6.07, 6.45) is 0. The quantitative estimate of drug-likeness (QED) is 0.326. The minimum absolute atomic E-state index is 0.0362. The third-order valence-electron chi connectivity index (χ3n) is 4.80. The molecule has 11 nitrogen and oxygen atoms in total. The van der Waals surface area contributed by atoms with Gasteiger partial charge in [0.25, 0.3) is 0 Å². The Morgan fingerprint density at radius 1 is 1.15 bits per heavy atom. The first kappa shape index (κ1) is 24.5. The number of esters is 2. The Bertz CT molecular complexity index is 1160. The van der Waals surface area contributed by atoms with Crippen molar-refractivity contribution in [1.82, 2.24) is 10.6 Å². The van der Waals surface area contributed by atoms with Crippen molar-refractivity contribution in [2.75, 3.05) is 20.3 Å². The van der Waals surface area contributed by atoms with Gasteiger partial charge in [-0.15, -0.1) is 0 Å². The van der Waals surface area contributed by atoms with Crippen LogP contribution >= 0.6 is 11.6 Å². The van der Waals surface area contributed by atoms with E-state index in [2.05, 4.69) is 15.4 Å². The Hall–Kier alpha value is -4.12. The van der Waals surface area contributed by atoms with Crippen LogP contribution in [0.5, 0.6) is 5.75 Å². The zero-order valence-corrected chi connectivity index (χ0v) is 18.9. The number of carbonyl (C=O) groups excluding carboxylic acids is 3. The second-order valence-electron chi connectivity index (χ2n) is 6.92. The summed E-state index contributed by atoms with van der Waals surface area (Å²) in [6.45, 7) is 1.31. The topological polar surface area (TPSA) is 146 Å². The highest BCUT2D eigenvalue weighted by Gasteiger charge is 2.34. The van der Waals surface area contributed by atoms with Crippen molar-refractivity contribution >= 4 is 35.3 Å². The van der Waals surface area contributed by atoms with E-state index in [-0.39, 0.29) is 29.2 Å². The van der Waals surface area contributed by atoms with Crippen molar-refractivity contribution < 1.29 is 33.5 Å². The second kappa shape index (κ2) is 10.7. The van der Waals surface area contributed by atoms with E-state index in [0.717, 1.165) is 13.2 Å². The van der Waals surface area contributed by atoms with Gasteiger partial charge in [0.1, 0.15) is 6.61 Å². The molecule has 0 aliphatic carbocycles. The summed E-state index contributed by atoms with van der Waals surface area (Å²) < 4.78 is 15.3. The number of hydrogen-bond donors (Lipinski definition) is 2. The molecule has 2 aromatic rings. The van der Waals surface area contributed by atoms with Gasteiger partial charge >= 0.3 is 23.7 Å². The van der Waals surface area contributed by atoms with Crippen LogP contribution in [0, 0.1) is 10.1 Å². The largest absolute Gasteiger partial charge is 0.480 e. The highest BCUT2D eigenvalue weighted by Crippen LogP contribution is 2.31. The number of benzene rings is 2. The summed E-state index contributed by atoms with van der Waals surface area (Å²) in [6, 6.07) is 8.56. The van der Waals surface area contributed by atoms with Crippen LogP contribution in [0.25, 0.3) is 0 Å². The van der Waals surface area contributed by atoms with Crippen molar-refractivity contribution in [1.29, 1.82) is 0 Å². The number of rotatable bonds is 8. The van der Waals surface area contributed by atoms with Gasteiger partial charge in [-0.25, -0.2) is 14.4 Å². The van der Waals surface area contributed by atoms with Crippen LogP contribution in [0.4, 0.5) is 10.5 Å². The number of urea groups is 1. The fourth-order valence-electron chi connectivity index (χ4n) is 3.26. The minimum atomic E-state index is -0.875. The maximum atomic E-state index is 12.8. The van der Waals surface area contributed by atoms with Crippen LogP contribution in [-0.2, 0) is 14.3 Å². The zero-order chi connectivity index (χ0) is 24.8. The molecule has 1 atom stereocenters. The van der Waals surface area contributed by atoms with Gasteiger partial charge in [-0.05, 0) is 36.8 Å². The normalized spacial score (nSPS) is 15.1. The van der Waals surface area contributed by atoms with Gasteiger partial charge in [-0.3, -0.25) is 10.1 Å². The Labute approximate surface area is 198 Å². The molecule has 34 heavy (non-hydrogen) atoms. The Balaban J connectivity index is 1.99. The lowest BCUT2D eigenvalue weighted by Crippen LogP contribution is -2.47. The lowest BCUT2D eigenvalue weighted by atomic mass is 9.95. The molecular weight excluding hydrogens is 470 g/mol. The van der Waals surface area contributed by atoms with Gasteiger partial charge in [0.2, 0.25) is 0 Å². The number of nitrogens with zero attached hydrogens (tertiary/aromatic N) is 1. The number of carbonyl (C=O) groups is 3. The molecular formula is C22H20ClN3O8. The predicted octanol–water partition coefficient (Wildman–Crippen LogP) is 3.28. The molecule has 12 heteroatoms. The van der Waals surface area contributed by atoms with Gasteiger partial charge in [0.05, 0.1) is 41.5 Å². The third-order valence-corrected chi connectivity index (χ3v) is 5.05. The van der Waals surface area contributed by atoms with E-state index >= 15 is 0 Å². The summed E-state index contributed by atoms with van der Waals surface area (Å²) in [7, 11) is 1.15. The van der Waals surface area contributed by atoms with E-state index in [1.165, 1.54) is 12.1 Å². The lowest BCUT2D eigenvalue weighted by molar-refractivity contribution is -0.385. The van der Waals surface area contributed by atoms with Crippen molar-refractivity contribution in [3.05, 3.63) is 80.0 Å². The molecule has 0 saturated heterocycles. The number of ether oxygens (including phenoxy) is 3. The lowest BCUT2D eigenvalue weighted by Gasteiger charge is -2.29. The van der Waals surface area contributed by atoms with Crippen molar-refractivity contribution in [3.8, 4) is 5.75 Å². The fraction of sp³-hybridized carbons (Fsp3) is 0.227. The number of nitrogens with one attached hydrogen (secondary N) is 2. The number of amides is 2. The molecule has 178 valence electrons. The minimum Gasteiger partial charge on any atom is -0.480 e. The number of nitro groups is 1. The molecule has 0 saturated carbocycles. The number of methoxy groups -OCH3 is 1. The van der Waals surface area contributed by atoms with Gasteiger partial charge < -0.3 is 24.8 Å². The summed E-state index contributed by atoms with van der Waals surface area (Å²) in [5, 5.41) is 17.1. The van der Waals surface area contributed by atoms with Gasteiger partial charge in [0, 0.05) is 11.1 Å². The summed E-state index contributed by atoms with van der Waals surface area (Å²) >= 11 is 5.95. The molecule has 1 unspecified atom stereocenters. The van der Waals surface area contributed by atoms with E-state index in [9.17, 15) is 24.5 Å². The van der Waals surface area contributed by atoms with E-state index < -0.39 is 41.2 Å². The van der Waals surface area contributed by atoms with E-state index in [4.69, 9.17) is 21.1 Å². The highest BCUT2D eigenvalue weighted by atomic mass is 35.5. The van der Waals surface area contributed by atoms with Crippen LogP contribution in [-0.4, -0.2) is 43.2 Å². The van der Waals surface area contributed by atoms with Crippen molar-refractivity contribution in [3.63, 3.8) is 0 Å². The molecule has 0 aromatic heterocycles. The molecule has 1 aliphatic heterocycles. The van der Waals surface area contributed by atoms with Crippen LogP contribution < -0.4 is 15.4 Å². The average molecular weight is 490 g/mol. The first-order chi connectivity index (χ1) is 16.2. The van der Waals surface area contributed by atoms with E-state index in [0.29, 0.717) is 10.6 Å². The van der Waals surface area contributed by atoms with Gasteiger partial charge in [0.15, 0.2) is 5.75 Å². The third kappa shape index (κ3) is 5.44. The van der Waals surface area contributed by atoms with Gasteiger partial charge in [-0.2, -0.15) is 0 Å². The number of hydrogen-bond acceptors (Lipinski definition) is 8. The van der Waals surface area contributed by atoms with E-state index in [1.807, 2.05) is 0 Å².